The summed E-state index contributed by atoms with van der Waals surface area (Å²) in [4.78, 5) is 0.0425. The molecular weight excluding hydrogens is 345 g/mol. The lowest BCUT2D eigenvalue weighted by molar-refractivity contribution is 0.269. The smallest absolute Gasteiger partial charge is 0.207 e. The molecule has 1 aromatic rings. The van der Waals surface area contributed by atoms with Gasteiger partial charge in [-0.05, 0) is 59.8 Å². The predicted octanol–water partition coefficient (Wildman–Crippen LogP) is 4.08. The second-order valence-corrected chi connectivity index (χ2v) is 9.31. The van der Waals surface area contributed by atoms with Gasteiger partial charge in [-0.3, -0.25) is 0 Å². The molecule has 0 heterocycles. The Morgan fingerprint density at radius 3 is 2.20 bits per heavy atom. The summed E-state index contributed by atoms with van der Waals surface area (Å²) in [6.07, 6.45) is 0.679. The summed E-state index contributed by atoms with van der Waals surface area (Å²) < 4.78 is 40.8. The molecule has 114 valence electrons. The molecular formula is C14H21BrFNO2S. The Labute approximate surface area is 129 Å². The number of benzene rings is 1. The SMILES string of the molecule is CC(C)(C)CC(C)(C)NS(=O)(=O)c1ccc(F)cc1Br. The van der Waals surface area contributed by atoms with Crippen molar-refractivity contribution in [2.24, 2.45) is 5.41 Å². The maximum atomic E-state index is 13.1. The van der Waals surface area contributed by atoms with Crippen molar-refractivity contribution >= 4 is 26.0 Å². The lowest BCUT2D eigenvalue weighted by Crippen LogP contribution is -2.45. The fourth-order valence-corrected chi connectivity index (χ4v) is 4.94. The molecule has 3 nitrogen and oxygen atoms in total. The summed E-state index contributed by atoms with van der Waals surface area (Å²) in [6, 6.07) is 3.54. The average Bonchev–Trinajstić information content (AvgIpc) is 2.09. The molecule has 0 bridgehead atoms. The molecule has 1 N–H and O–H groups in total. The Bertz CT molecular complexity index is 592. The van der Waals surface area contributed by atoms with Gasteiger partial charge >= 0.3 is 0 Å². The van der Waals surface area contributed by atoms with E-state index in [2.05, 4.69) is 41.4 Å². The molecule has 0 radical (unpaired) electrons. The molecule has 20 heavy (non-hydrogen) atoms. The molecule has 0 amide bonds. The van der Waals surface area contributed by atoms with E-state index in [-0.39, 0.29) is 14.8 Å². The van der Waals surface area contributed by atoms with Gasteiger partial charge < -0.3 is 0 Å². The van der Waals surface area contributed by atoms with Crippen molar-refractivity contribution in [2.75, 3.05) is 0 Å². The summed E-state index contributed by atoms with van der Waals surface area (Å²) in [5.41, 5.74) is -0.600. The van der Waals surface area contributed by atoms with E-state index in [4.69, 9.17) is 0 Å². The summed E-state index contributed by atoms with van der Waals surface area (Å²) in [5, 5.41) is 0. The zero-order valence-electron chi connectivity index (χ0n) is 12.4. The molecule has 0 aliphatic heterocycles. The lowest BCUT2D eigenvalue weighted by atomic mass is 9.82. The third-order valence-electron chi connectivity index (χ3n) is 2.57. The molecule has 1 rings (SSSR count). The average molecular weight is 366 g/mol. The standard InChI is InChI=1S/C14H21BrFNO2S/c1-13(2,3)9-14(4,5)17-20(18,19)12-7-6-10(16)8-11(12)15/h6-8,17H,9H2,1-5H3. The minimum atomic E-state index is -3.70. The molecule has 0 saturated carbocycles. The Balaban J connectivity index is 3.06. The number of sulfonamides is 1. The highest BCUT2D eigenvalue weighted by atomic mass is 79.9. The van der Waals surface area contributed by atoms with Crippen molar-refractivity contribution < 1.29 is 12.8 Å². The van der Waals surface area contributed by atoms with Gasteiger partial charge in [0.2, 0.25) is 10.0 Å². The Kier molecular flexibility index (Phi) is 5.04. The summed E-state index contributed by atoms with van der Waals surface area (Å²) in [5.74, 6) is -0.482. The van der Waals surface area contributed by atoms with E-state index in [0.717, 1.165) is 12.1 Å². The molecule has 0 saturated heterocycles. The van der Waals surface area contributed by atoms with Crippen molar-refractivity contribution in [1.82, 2.24) is 4.72 Å². The highest BCUT2D eigenvalue weighted by Gasteiger charge is 2.31. The van der Waals surface area contributed by atoms with Crippen molar-refractivity contribution in [3.05, 3.63) is 28.5 Å². The minimum Gasteiger partial charge on any atom is -0.207 e. The van der Waals surface area contributed by atoms with Crippen LogP contribution in [0.2, 0.25) is 0 Å². The molecule has 0 aliphatic rings. The minimum absolute atomic E-state index is 0.00789. The van der Waals surface area contributed by atoms with Gasteiger partial charge in [0.25, 0.3) is 0 Å². The van der Waals surface area contributed by atoms with Crippen LogP contribution in [0.15, 0.2) is 27.6 Å². The highest BCUT2D eigenvalue weighted by Crippen LogP contribution is 2.29. The summed E-state index contributed by atoms with van der Waals surface area (Å²) in [7, 11) is -3.70. The highest BCUT2D eigenvalue weighted by molar-refractivity contribution is 9.10. The zero-order chi connectivity index (χ0) is 15.8. The van der Waals surface area contributed by atoms with Gasteiger partial charge in [0.15, 0.2) is 0 Å². The molecule has 0 atom stereocenters. The summed E-state index contributed by atoms with van der Waals surface area (Å²) in [6.45, 7) is 9.84. The molecule has 0 aromatic heterocycles. The molecule has 1 aromatic carbocycles. The van der Waals surface area contributed by atoms with Crippen LogP contribution in [0.3, 0.4) is 0 Å². The number of nitrogens with one attached hydrogen (secondary N) is 1. The fourth-order valence-electron chi connectivity index (χ4n) is 2.47. The molecule has 0 aliphatic carbocycles. The Morgan fingerprint density at radius 1 is 1.20 bits per heavy atom. The van der Waals surface area contributed by atoms with Crippen LogP contribution in [-0.2, 0) is 10.0 Å². The Morgan fingerprint density at radius 2 is 1.75 bits per heavy atom. The predicted molar refractivity (Wildman–Crippen MR) is 82.6 cm³/mol. The van der Waals surface area contributed by atoms with Crippen LogP contribution < -0.4 is 4.72 Å². The van der Waals surface area contributed by atoms with Crippen LogP contribution >= 0.6 is 15.9 Å². The van der Waals surface area contributed by atoms with Gasteiger partial charge in [-0.2, -0.15) is 0 Å². The van der Waals surface area contributed by atoms with Crippen LogP contribution in [0, 0.1) is 11.2 Å². The molecule has 0 unspecified atom stereocenters. The van der Waals surface area contributed by atoms with Crippen molar-refractivity contribution in [1.29, 1.82) is 0 Å². The largest absolute Gasteiger partial charge is 0.242 e. The molecule has 6 heteroatoms. The first-order valence-corrected chi connectivity index (χ1v) is 8.59. The van der Waals surface area contributed by atoms with Crippen LogP contribution in [-0.4, -0.2) is 14.0 Å². The fraction of sp³-hybridized carbons (Fsp3) is 0.571. The van der Waals surface area contributed by atoms with Gasteiger partial charge in [0.05, 0.1) is 4.90 Å². The van der Waals surface area contributed by atoms with Crippen LogP contribution in [0.4, 0.5) is 4.39 Å². The Hall–Kier alpha value is -0.460. The third-order valence-corrected chi connectivity index (χ3v) is 5.24. The second-order valence-electron chi connectivity index (χ2n) is 6.80. The van der Waals surface area contributed by atoms with Crippen molar-refractivity contribution in [3.63, 3.8) is 0 Å². The van der Waals surface area contributed by atoms with Crippen LogP contribution in [0.5, 0.6) is 0 Å². The van der Waals surface area contributed by atoms with Gasteiger partial charge in [-0.15, -0.1) is 0 Å². The third kappa shape index (κ3) is 5.14. The maximum absolute atomic E-state index is 13.1. The van der Waals surface area contributed by atoms with E-state index < -0.39 is 21.4 Å². The number of rotatable bonds is 4. The van der Waals surface area contributed by atoms with E-state index in [9.17, 15) is 12.8 Å². The first-order valence-electron chi connectivity index (χ1n) is 6.31. The lowest BCUT2D eigenvalue weighted by Gasteiger charge is -2.33. The molecule has 0 spiro atoms. The van der Waals surface area contributed by atoms with Gasteiger partial charge in [0, 0.05) is 10.0 Å². The van der Waals surface area contributed by atoms with E-state index >= 15 is 0 Å². The van der Waals surface area contributed by atoms with E-state index in [1.807, 2.05) is 13.8 Å². The second kappa shape index (κ2) is 5.73. The monoisotopic (exact) mass is 365 g/mol. The number of hydrogen-bond acceptors (Lipinski definition) is 2. The van der Waals surface area contributed by atoms with Gasteiger partial charge in [-0.25, -0.2) is 17.5 Å². The van der Waals surface area contributed by atoms with Crippen LogP contribution in [0.25, 0.3) is 0 Å². The number of hydrogen-bond donors (Lipinski definition) is 1. The summed E-state index contributed by atoms with van der Waals surface area (Å²) >= 11 is 3.09. The topological polar surface area (TPSA) is 46.2 Å². The van der Waals surface area contributed by atoms with E-state index in [0.29, 0.717) is 6.42 Å². The van der Waals surface area contributed by atoms with Crippen molar-refractivity contribution in [3.8, 4) is 0 Å². The van der Waals surface area contributed by atoms with Gasteiger partial charge in [0.1, 0.15) is 5.82 Å². The molecule has 0 fully saturated rings. The van der Waals surface area contributed by atoms with Crippen LogP contribution in [0.1, 0.15) is 41.0 Å². The first kappa shape index (κ1) is 17.6. The quantitative estimate of drug-likeness (QED) is 0.873. The first-order chi connectivity index (χ1) is 8.82. The van der Waals surface area contributed by atoms with E-state index in [1.165, 1.54) is 6.07 Å². The van der Waals surface area contributed by atoms with E-state index in [1.54, 1.807) is 0 Å². The van der Waals surface area contributed by atoms with Gasteiger partial charge in [-0.1, -0.05) is 20.8 Å². The van der Waals surface area contributed by atoms with Crippen molar-refractivity contribution in [2.45, 2.75) is 51.5 Å². The normalized spacial score (nSPS) is 13.6. The zero-order valence-corrected chi connectivity index (χ0v) is 14.8. The maximum Gasteiger partial charge on any atom is 0.242 e. The number of halogens is 2.